The van der Waals surface area contributed by atoms with E-state index in [0.717, 1.165) is 24.4 Å². The van der Waals surface area contributed by atoms with Crippen LogP contribution >= 0.6 is 0 Å². The highest BCUT2D eigenvalue weighted by atomic mass is 32.2. The highest BCUT2D eigenvalue weighted by Gasteiger charge is 2.19. The van der Waals surface area contributed by atoms with E-state index in [-0.39, 0.29) is 0 Å². The molecule has 0 spiro atoms. The second-order valence-electron chi connectivity index (χ2n) is 4.78. The minimum absolute atomic E-state index is 0.883. The zero-order valence-corrected chi connectivity index (χ0v) is 12.3. The van der Waals surface area contributed by atoms with Gasteiger partial charge >= 0.3 is 0 Å². The molecule has 1 aromatic carbocycles. The Labute approximate surface area is 117 Å². The fourth-order valence-corrected chi connectivity index (χ4v) is 2.85. The monoisotopic (exact) mass is 276 g/mol. The smallest absolute Gasteiger partial charge is 0.0498 e. The molecule has 1 atom stereocenters. The first-order chi connectivity index (χ1) is 9.11. The summed E-state index contributed by atoms with van der Waals surface area (Å²) in [7, 11) is -0.921. The van der Waals surface area contributed by atoms with E-state index < -0.39 is 10.8 Å². The Hall–Kier alpha value is -1.55. The molecule has 1 heterocycles. The molecule has 1 N–H and O–H groups in total. The number of anilines is 1. The molecular formula is C15H20N2OS. The first-order valence-corrected chi connectivity index (χ1v) is 7.91. The molecule has 2 rings (SSSR count). The second kappa shape index (κ2) is 6.06. The number of benzene rings is 1. The molecule has 0 bridgehead atoms. The van der Waals surface area contributed by atoms with Gasteiger partial charge in [-0.05, 0) is 42.8 Å². The largest absolute Gasteiger partial charge is 0.368 e. The van der Waals surface area contributed by atoms with Crippen LogP contribution in [0.5, 0.6) is 0 Å². The number of nitrogens with zero attached hydrogens (tertiary/aromatic N) is 1. The topological polar surface area (TPSA) is 32.3 Å². The highest BCUT2D eigenvalue weighted by molar-refractivity contribution is 7.84. The van der Waals surface area contributed by atoms with Crippen LogP contribution in [-0.4, -0.2) is 23.6 Å². The standard InChI is InChI=1S/C15H20N2OS/c1-4-16-10-12(2)11-17-8-7-13-5-6-14(19(3)18)9-15(13)17/h4-6,9-10,16H,1,7-8,11H2,2-3H3/b12-10+. The summed E-state index contributed by atoms with van der Waals surface area (Å²) in [5.41, 5.74) is 3.81. The van der Waals surface area contributed by atoms with Crippen molar-refractivity contribution in [1.29, 1.82) is 0 Å². The fourth-order valence-electron chi connectivity index (χ4n) is 2.32. The molecular weight excluding hydrogens is 256 g/mol. The minimum Gasteiger partial charge on any atom is -0.368 e. The van der Waals surface area contributed by atoms with Crippen LogP contribution in [0, 0.1) is 0 Å². The summed E-state index contributed by atoms with van der Waals surface area (Å²) in [4.78, 5) is 3.24. The second-order valence-corrected chi connectivity index (χ2v) is 6.16. The van der Waals surface area contributed by atoms with Gasteiger partial charge in [0.15, 0.2) is 0 Å². The average molecular weight is 276 g/mol. The lowest BCUT2D eigenvalue weighted by molar-refractivity contribution is 0.687. The molecule has 0 saturated carbocycles. The maximum atomic E-state index is 11.6. The van der Waals surface area contributed by atoms with Crippen LogP contribution < -0.4 is 10.2 Å². The van der Waals surface area contributed by atoms with Gasteiger partial charge in [-0.15, -0.1) is 0 Å². The van der Waals surface area contributed by atoms with Crippen LogP contribution in [0.25, 0.3) is 0 Å². The third-order valence-corrected chi connectivity index (χ3v) is 4.19. The van der Waals surface area contributed by atoms with Crippen LogP contribution in [0.15, 0.2) is 47.6 Å². The van der Waals surface area contributed by atoms with Gasteiger partial charge in [-0.25, -0.2) is 0 Å². The zero-order chi connectivity index (χ0) is 13.8. The van der Waals surface area contributed by atoms with Crippen LogP contribution in [-0.2, 0) is 17.2 Å². The van der Waals surface area contributed by atoms with E-state index in [1.807, 2.05) is 12.3 Å². The summed E-state index contributed by atoms with van der Waals surface area (Å²) < 4.78 is 11.6. The van der Waals surface area contributed by atoms with Crippen molar-refractivity contribution in [1.82, 2.24) is 5.32 Å². The molecule has 0 amide bonds. The normalized spacial score (nSPS) is 16.1. The molecule has 4 heteroatoms. The lowest BCUT2D eigenvalue weighted by Crippen LogP contribution is -2.23. The Balaban J connectivity index is 2.18. The Morgan fingerprint density at radius 1 is 1.58 bits per heavy atom. The SMILES string of the molecule is C=CN/C=C(\C)CN1CCc2ccc(S(C)=O)cc21. The maximum absolute atomic E-state index is 11.6. The molecule has 0 aromatic heterocycles. The molecule has 1 aliphatic heterocycles. The third-order valence-electron chi connectivity index (χ3n) is 3.27. The number of nitrogens with one attached hydrogen (secondary N) is 1. The molecule has 3 nitrogen and oxygen atoms in total. The number of hydrogen-bond donors (Lipinski definition) is 1. The first-order valence-electron chi connectivity index (χ1n) is 6.35. The summed E-state index contributed by atoms with van der Waals surface area (Å²) in [6, 6.07) is 6.14. The van der Waals surface area contributed by atoms with E-state index >= 15 is 0 Å². The molecule has 19 heavy (non-hydrogen) atoms. The molecule has 0 radical (unpaired) electrons. The lowest BCUT2D eigenvalue weighted by Gasteiger charge is -2.20. The van der Waals surface area contributed by atoms with Crippen LogP contribution in [0.3, 0.4) is 0 Å². The summed E-state index contributed by atoms with van der Waals surface area (Å²) in [5.74, 6) is 0. The first kappa shape index (κ1) is 13.9. The van der Waals surface area contributed by atoms with Crippen LogP contribution in [0.4, 0.5) is 5.69 Å². The molecule has 1 aromatic rings. The van der Waals surface area contributed by atoms with E-state index in [1.54, 1.807) is 12.5 Å². The van der Waals surface area contributed by atoms with E-state index in [0.29, 0.717) is 0 Å². The molecule has 0 saturated heterocycles. The number of fused-ring (bicyclic) bond motifs is 1. The molecule has 1 aliphatic rings. The predicted octanol–water partition coefficient (Wildman–Crippen LogP) is 2.42. The minimum atomic E-state index is -0.921. The van der Waals surface area contributed by atoms with Gasteiger partial charge in [-0.3, -0.25) is 4.21 Å². The third kappa shape index (κ3) is 3.26. The van der Waals surface area contributed by atoms with Gasteiger partial charge in [0.05, 0.1) is 0 Å². The van der Waals surface area contributed by atoms with Crippen LogP contribution in [0.1, 0.15) is 12.5 Å². The van der Waals surface area contributed by atoms with E-state index in [1.165, 1.54) is 16.8 Å². The summed E-state index contributed by atoms with van der Waals surface area (Å²) in [6.07, 6.45) is 6.42. The predicted molar refractivity (Wildman–Crippen MR) is 81.8 cm³/mol. The molecule has 102 valence electrons. The van der Waals surface area contributed by atoms with E-state index in [9.17, 15) is 4.21 Å². The molecule has 1 unspecified atom stereocenters. The molecule has 0 fully saturated rings. The molecule has 0 aliphatic carbocycles. The van der Waals surface area contributed by atoms with Gasteiger partial charge in [0, 0.05) is 46.9 Å². The van der Waals surface area contributed by atoms with Gasteiger partial charge in [0.1, 0.15) is 0 Å². The van der Waals surface area contributed by atoms with Gasteiger partial charge in [0.25, 0.3) is 0 Å². The fraction of sp³-hybridized carbons (Fsp3) is 0.333. The summed E-state index contributed by atoms with van der Waals surface area (Å²) in [6.45, 7) is 7.63. The van der Waals surface area contributed by atoms with Gasteiger partial charge in [0.2, 0.25) is 0 Å². The van der Waals surface area contributed by atoms with Crippen molar-refractivity contribution in [3.8, 4) is 0 Å². The summed E-state index contributed by atoms with van der Waals surface area (Å²) in [5, 5.41) is 3.00. The van der Waals surface area contributed by atoms with Gasteiger partial charge in [-0.2, -0.15) is 0 Å². The van der Waals surface area contributed by atoms with Crippen molar-refractivity contribution in [2.75, 3.05) is 24.2 Å². The number of rotatable bonds is 5. The maximum Gasteiger partial charge on any atom is 0.0498 e. The van der Waals surface area contributed by atoms with E-state index in [4.69, 9.17) is 0 Å². The van der Waals surface area contributed by atoms with Crippen molar-refractivity contribution in [2.45, 2.75) is 18.2 Å². The average Bonchev–Trinajstić information content (AvgIpc) is 2.78. The highest BCUT2D eigenvalue weighted by Crippen LogP contribution is 2.30. The van der Waals surface area contributed by atoms with Gasteiger partial charge < -0.3 is 10.2 Å². The van der Waals surface area contributed by atoms with Crippen molar-refractivity contribution in [3.63, 3.8) is 0 Å². The van der Waals surface area contributed by atoms with Crippen molar-refractivity contribution in [3.05, 3.63) is 48.3 Å². The Bertz CT molecular complexity index is 537. The van der Waals surface area contributed by atoms with Crippen molar-refractivity contribution < 1.29 is 4.21 Å². The zero-order valence-electron chi connectivity index (χ0n) is 11.5. The van der Waals surface area contributed by atoms with E-state index in [2.05, 4.69) is 35.9 Å². The Kier molecular flexibility index (Phi) is 4.43. The Morgan fingerprint density at radius 2 is 2.37 bits per heavy atom. The van der Waals surface area contributed by atoms with Crippen molar-refractivity contribution in [2.24, 2.45) is 0 Å². The quantitative estimate of drug-likeness (QED) is 0.896. The Morgan fingerprint density at radius 3 is 3.05 bits per heavy atom. The lowest BCUT2D eigenvalue weighted by atomic mass is 10.2. The van der Waals surface area contributed by atoms with Crippen LogP contribution in [0.2, 0.25) is 0 Å². The number of hydrogen-bond acceptors (Lipinski definition) is 3. The van der Waals surface area contributed by atoms with Gasteiger partial charge in [-0.1, -0.05) is 12.6 Å². The summed E-state index contributed by atoms with van der Waals surface area (Å²) >= 11 is 0. The van der Waals surface area contributed by atoms with Crippen molar-refractivity contribution >= 4 is 16.5 Å².